The Kier molecular flexibility index (Phi) is 6.71. The molecule has 0 bridgehead atoms. The van der Waals surface area contributed by atoms with Gasteiger partial charge in [-0.15, -0.1) is 0 Å². The number of aryl methyl sites for hydroxylation is 2. The lowest BCUT2D eigenvalue weighted by Gasteiger charge is -2.20. The molecule has 7 heteroatoms. The fourth-order valence-corrected chi connectivity index (χ4v) is 3.05. The molecule has 1 heterocycles. The Morgan fingerprint density at radius 3 is 2.57 bits per heavy atom. The number of hydrogen-bond acceptors (Lipinski definition) is 6. The summed E-state index contributed by atoms with van der Waals surface area (Å²) >= 11 is 0. The highest BCUT2D eigenvalue weighted by Crippen LogP contribution is 2.30. The van der Waals surface area contributed by atoms with E-state index in [0.29, 0.717) is 29.4 Å². The van der Waals surface area contributed by atoms with Crippen molar-refractivity contribution >= 4 is 5.91 Å². The van der Waals surface area contributed by atoms with Gasteiger partial charge in [-0.3, -0.25) is 4.79 Å². The summed E-state index contributed by atoms with van der Waals surface area (Å²) in [5, 5.41) is 13.1. The van der Waals surface area contributed by atoms with Crippen molar-refractivity contribution < 1.29 is 18.8 Å². The summed E-state index contributed by atoms with van der Waals surface area (Å²) < 4.78 is 16.4. The Labute approximate surface area is 175 Å². The van der Waals surface area contributed by atoms with Crippen molar-refractivity contribution in [3.8, 4) is 17.6 Å². The Hall–Kier alpha value is -3.79. The van der Waals surface area contributed by atoms with Crippen LogP contribution < -0.4 is 9.47 Å². The van der Waals surface area contributed by atoms with Crippen LogP contribution in [0.4, 0.5) is 0 Å². The molecule has 1 amide bonds. The maximum absolute atomic E-state index is 13.0. The molecule has 0 saturated heterocycles. The lowest BCUT2D eigenvalue weighted by atomic mass is 10.1. The molecular weight excluding hydrogens is 382 g/mol. The number of hydrogen-bond donors (Lipinski definition) is 0. The van der Waals surface area contributed by atoms with Gasteiger partial charge in [0.05, 0.1) is 24.4 Å². The predicted molar refractivity (Wildman–Crippen MR) is 110 cm³/mol. The van der Waals surface area contributed by atoms with Gasteiger partial charge >= 0.3 is 0 Å². The Balaban J connectivity index is 1.78. The number of ether oxygens (including phenoxy) is 2. The van der Waals surface area contributed by atoms with E-state index in [9.17, 15) is 4.79 Å². The maximum atomic E-state index is 13.0. The van der Waals surface area contributed by atoms with Gasteiger partial charge in [0.25, 0.3) is 5.91 Å². The minimum absolute atomic E-state index is 0.0136. The van der Waals surface area contributed by atoms with Crippen molar-refractivity contribution in [1.82, 2.24) is 10.1 Å². The fraction of sp³-hybridized carbons (Fsp3) is 0.261. The molecule has 0 radical (unpaired) electrons. The summed E-state index contributed by atoms with van der Waals surface area (Å²) in [7, 11) is 1.52. The summed E-state index contributed by atoms with van der Waals surface area (Å²) in [6.45, 7) is 4.29. The van der Waals surface area contributed by atoms with E-state index in [2.05, 4.69) is 11.2 Å². The normalized spacial score (nSPS) is 10.3. The highest BCUT2D eigenvalue weighted by molar-refractivity contribution is 5.95. The zero-order chi connectivity index (χ0) is 21.5. The molecule has 3 rings (SSSR count). The first-order chi connectivity index (χ1) is 14.5. The summed E-state index contributed by atoms with van der Waals surface area (Å²) in [5.41, 5.74) is 3.02. The van der Waals surface area contributed by atoms with Crippen LogP contribution in [0, 0.1) is 25.2 Å². The molecule has 0 N–H and O–H groups in total. The zero-order valence-corrected chi connectivity index (χ0v) is 17.2. The van der Waals surface area contributed by atoms with Crippen LogP contribution in [0.3, 0.4) is 0 Å². The van der Waals surface area contributed by atoms with Crippen LogP contribution in [-0.4, -0.2) is 29.6 Å². The number of benzene rings is 2. The topological polar surface area (TPSA) is 88.6 Å². The molecule has 0 saturated carbocycles. The number of nitrogens with zero attached hydrogens (tertiary/aromatic N) is 3. The van der Waals surface area contributed by atoms with Crippen molar-refractivity contribution in [2.45, 2.75) is 27.0 Å². The SMILES string of the molecule is COc1cc(C(=O)N(CC#N)Cc2ccccc2)ccc1OCc1c(C)noc1C. The fourth-order valence-electron chi connectivity index (χ4n) is 3.05. The number of amides is 1. The van der Waals surface area contributed by atoms with E-state index in [0.717, 1.165) is 16.8 Å². The summed E-state index contributed by atoms with van der Waals surface area (Å²) in [6, 6.07) is 16.6. The van der Waals surface area contributed by atoms with E-state index < -0.39 is 0 Å². The number of carbonyl (C=O) groups is 1. The molecule has 0 fully saturated rings. The molecule has 1 aromatic heterocycles. The van der Waals surface area contributed by atoms with E-state index in [1.54, 1.807) is 18.2 Å². The van der Waals surface area contributed by atoms with Gasteiger partial charge in [0, 0.05) is 12.1 Å². The number of aromatic nitrogens is 1. The zero-order valence-electron chi connectivity index (χ0n) is 17.2. The lowest BCUT2D eigenvalue weighted by Crippen LogP contribution is -2.31. The van der Waals surface area contributed by atoms with E-state index in [1.165, 1.54) is 12.0 Å². The molecule has 3 aromatic rings. The second-order valence-corrected chi connectivity index (χ2v) is 6.76. The largest absolute Gasteiger partial charge is 0.493 e. The number of carbonyl (C=O) groups excluding carboxylic acids is 1. The minimum atomic E-state index is -0.254. The second-order valence-electron chi connectivity index (χ2n) is 6.76. The highest BCUT2D eigenvalue weighted by Gasteiger charge is 2.19. The van der Waals surface area contributed by atoms with E-state index in [-0.39, 0.29) is 19.1 Å². The minimum Gasteiger partial charge on any atom is -0.493 e. The van der Waals surface area contributed by atoms with Crippen LogP contribution >= 0.6 is 0 Å². The van der Waals surface area contributed by atoms with Gasteiger partial charge in [-0.25, -0.2) is 0 Å². The van der Waals surface area contributed by atoms with Crippen LogP contribution in [0.2, 0.25) is 0 Å². The molecule has 154 valence electrons. The van der Waals surface area contributed by atoms with Gasteiger partial charge in [0.1, 0.15) is 18.9 Å². The smallest absolute Gasteiger partial charge is 0.255 e. The molecule has 0 aliphatic rings. The molecule has 0 aliphatic heterocycles. The molecule has 0 atom stereocenters. The third-order valence-electron chi connectivity index (χ3n) is 4.73. The van der Waals surface area contributed by atoms with Crippen LogP contribution in [0.25, 0.3) is 0 Å². The van der Waals surface area contributed by atoms with Crippen molar-refractivity contribution in [3.05, 3.63) is 76.7 Å². The second kappa shape index (κ2) is 9.61. The quantitative estimate of drug-likeness (QED) is 0.526. The molecule has 0 aliphatic carbocycles. The molecule has 2 aromatic carbocycles. The first-order valence-corrected chi connectivity index (χ1v) is 9.46. The van der Waals surface area contributed by atoms with Gasteiger partial charge in [-0.05, 0) is 37.6 Å². The third-order valence-corrected chi connectivity index (χ3v) is 4.73. The van der Waals surface area contributed by atoms with Gasteiger partial charge in [-0.2, -0.15) is 5.26 Å². The van der Waals surface area contributed by atoms with Crippen molar-refractivity contribution in [2.75, 3.05) is 13.7 Å². The first-order valence-electron chi connectivity index (χ1n) is 9.46. The van der Waals surface area contributed by atoms with E-state index in [4.69, 9.17) is 19.3 Å². The first kappa shape index (κ1) is 20.9. The van der Waals surface area contributed by atoms with Crippen LogP contribution in [0.1, 0.15) is 32.9 Å². The number of nitriles is 1. The summed E-state index contributed by atoms with van der Waals surface area (Å²) in [4.78, 5) is 14.5. The van der Waals surface area contributed by atoms with Crippen LogP contribution in [0.5, 0.6) is 11.5 Å². The maximum Gasteiger partial charge on any atom is 0.255 e. The molecular formula is C23H23N3O4. The van der Waals surface area contributed by atoms with Gasteiger partial charge in [0.15, 0.2) is 11.5 Å². The van der Waals surface area contributed by atoms with E-state index >= 15 is 0 Å². The van der Waals surface area contributed by atoms with Gasteiger partial charge in [0.2, 0.25) is 0 Å². The predicted octanol–water partition coefficient (Wildman–Crippen LogP) is 4.05. The Morgan fingerprint density at radius 2 is 1.93 bits per heavy atom. The molecule has 0 unspecified atom stereocenters. The van der Waals surface area contributed by atoms with Crippen molar-refractivity contribution in [3.63, 3.8) is 0 Å². The average molecular weight is 405 g/mol. The highest BCUT2D eigenvalue weighted by atomic mass is 16.5. The average Bonchev–Trinajstić information content (AvgIpc) is 3.09. The molecule has 30 heavy (non-hydrogen) atoms. The monoisotopic (exact) mass is 405 g/mol. The standard InChI is InChI=1S/C23H23N3O4/c1-16-20(17(2)30-25-16)15-29-21-10-9-19(13-22(21)28-3)23(27)26(12-11-24)14-18-7-5-4-6-8-18/h4-10,13H,12,14-15H2,1-3H3. The van der Waals surface area contributed by atoms with Crippen molar-refractivity contribution in [2.24, 2.45) is 0 Å². The molecule has 0 spiro atoms. The van der Waals surface area contributed by atoms with Gasteiger partial charge in [-0.1, -0.05) is 35.5 Å². The van der Waals surface area contributed by atoms with Gasteiger partial charge < -0.3 is 18.9 Å². The Bertz CT molecular complexity index is 1030. The number of rotatable bonds is 8. The summed E-state index contributed by atoms with van der Waals surface area (Å²) in [6.07, 6.45) is 0. The number of methoxy groups -OCH3 is 1. The third kappa shape index (κ3) is 4.78. The van der Waals surface area contributed by atoms with E-state index in [1.807, 2.05) is 44.2 Å². The summed E-state index contributed by atoms with van der Waals surface area (Å²) in [5.74, 6) is 1.38. The van der Waals surface area contributed by atoms with Crippen LogP contribution in [0.15, 0.2) is 53.1 Å². The molecule has 7 nitrogen and oxygen atoms in total. The lowest BCUT2D eigenvalue weighted by molar-refractivity contribution is 0.0764. The van der Waals surface area contributed by atoms with Crippen molar-refractivity contribution in [1.29, 1.82) is 5.26 Å². The van der Waals surface area contributed by atoms with Crippen LogP contribution in [-0.2, 0) is 13.2 Å². The Morgan fingerprint density at radius 1 is 1.17 bits per heavy atom.